The zero-order valence-electron chi connectivity index (χ0n) is 19.8. The predicted octanol–water partition coefficient (Wildman–Crippen LogP) is 8.12. The molecular formula is C35H23N. The van der Waals surface area contributed by atoms with Crippen LogP contribution in [0.2, 0.25) is 0 Å². The molecule has 1 atom stereocenters. The maximum atomic E-state index is 3.91. The van der Waals surface area contributed by atoms with E-state index in [0.29, 0.717) is 0 Å². The second-order valence-corrected chi connectivity index (χ2v) is 10.5. The van der Waals surface area contributed by atoms with E-state index in [1.807, 2.05) is 0 Å². The van der Waals surface area contributed by atoms with Crippen molar-refractivity contribution in [2.45, 2.75) is 11.8 Å². The van der Waals surface area contributed by atoms with Crippen molar-refractivity contribution in [1.82, 2.24) is 0 Å². The van der Waals surface area contributed by atoms with Crippen LogP contribution in [0.25, 0.3) is 22.3 Å². The van der Waals surface area contributed by atoms with Gasteiger partial charge in [-0.25, -0.2) is 0 Å². The summed E-state index contributed by atoms with van der Waals surface area (Å²) in [5.41, 5.74) is 16.1. The second kappa shape index (κ2) is 6.25. The zero-order valence-corrected chi connectivity index (χ0v) is 19.8. The summed E-state index contributed by atoms with van der Waals surface area (Å²) in [7, 11) is 0. The van der Waals surface area contributed by atoms with E-state index in [9.17, 15) is 0 Å². The van der Waals surface area contributed by atoms with Crippen LogP contribution in [0.3, 0.4) is 0 Å². The van der Waals surface area contributed by atoms with Crippen LogP contribution in [0.1, 0.15) is 34.2 Å². The van der Waals surface area contributed by atoms with E-state index in [1.54, 1.807) is 0 Å². The van der Waals surface area contributed by atoms with Crippen LogP contribution in [0.4, 0.5) is 5.69 Å². The highest BCUT2D eigenvalue weighted by atomic mass is 15.0. The number of fused-ring (bicyclic) bond motifs is 7. The third kappa shape index (κ3) is 1.88. The fourth-order valence-electron chi connectivity index (χ4n) is 7.97. The Morgan fingerprint density at radius 2 is 1.33 bits per heavy atom. The van der Waals surface area contributed by atoms with Crippen LogP contribution in [0.15, 0.2) is 133 Å². The maximum Gasteiger partial charge on any atom is 0.0723 e. The second-order valence-electron chi connectivity index (χ2n) is 10.5. The minimum Gasteiger partial charge on any atom is -0.357 e. The first-order valence-corrected chi connectivity index (χ1v) is 12.9. The Kier molecular flexibility index (Phi) is 3.28. The van der Waals surface area contributed by atoms with Crippen molar-refractivity contribution in [3.63, 3.8) is 0 Å². The number of benzene rings is 4. The van der Waals surface area contributed by atoms with E-state index >= 15 is 0 Å². The summed E-state index contributed by atoms with van der Waals surface area (Å²) in [5.74, 6) is 0. The van der Waals surface area contributed by atoms with Crippen LogP contribution in [-0.2, 0) is 5.41 Å². The first-order valence-electron chi connectivity index (χ1n) is 12.9. The molecule has 36 heavy (non-hydrogen) atoms. The molecule has 2 spiro atoms. The quantitative estimate of drug-likeness (QED) is 0.304. The minimum absolute atomic E-state index is 0.190. The minimum atomic E-state index is -0.292. The fraction of sp³-hybridized carbons (Fsp3) is 0.0857. The van der Waals surface area contributed by atoms with Crippen molar-refractivity contribution >= 4 is 16.8 Å². The molecule has 0 aromatic heterocycles. The van der Waals surface area contributed by atoms with Crippen LogP contribution < -0.4 is 5.32 Å². The van der Waals surface area contributed by atoms with Gasteiger partial charge in [0.25, 0.3) is 0 Å². The average Bonchev–Trinajstić information content (AvgIpc) is 3.56. The number of rotatable bonds is 1. The molecule has 4 aromatic carbocycles. The first-order chi connectivity index (χ1) is 17.8. The van der Waals surface area contributed by atoms with Gasteiger partial charge in [-0.3, -0.25) is 0 Å². The number of allylic oxidation sites excluding steroid dienone is 6. The molecule has 4 aromatic rings. The molecular weight excluding hydrogens is 434 g/mol. The van der Waals surface area contributed by atoms with E-state index in [2.05, 4.69) is 127 Å². The Morgan fingerprint density at radius 3 is 2.11 bits per heavy atom. The Morgan fingerprint density at radius 1 is 0.639 bits per heavy atom. The Bertz CT molecular complexity index is 1730. The maximum absolute atomic E-state index is 3.91. The van der Waals surface area contributed by atoms with Gasteiger partial charge in [-0.05, 0) is 68.7 Å². The standard InChI is InChI=1S/C35H23N/c1-2-10-22(11-3-1)25-19-20-31-34(25)21-9-17-29-33(34)32-28(16-8-18-30(32)36-31)35(29)26-14-6-4-12-23(26)24-13-5-7-15-27(24)35/h1-20,36H,21H2. The summed E-state index contributed by atoms with van der Waals surface area (Å²) < 4.78 is 0. The molecule has 5 aliphatic rings. The lowest BCUT2D eigenvalue weighted by molar-refractivity contribution is 0.632. The molecule has 1 heteroatoms. The summed E-state index contributed by atoms with van der Waals surface area (Å²) in [6, 6.07) is 36.0. The van der Waals surface area contributed by atoms with Crippen molar-refractivity contribution in [3.05, 3.63) is 160 Å². The van der Waals surface area contributed by atoms with Crippen molar-refractivity contribution < 1.29 is 0 Å². The molecule has 4 aliphatic carbocycles. The van der Waals surface area contributed by atoms with Crippen LogP contribution in [0.5, 0.6) is 0 Å². The van der Waals surface area contributed by atoms with Crippen molar-refractivity contribution in [2.24, 2.45) is 5.41 Å². The molecule has 0 amide bonds. The largest absolute Gasteiger partial charge is 0.357 e. The van der Waals surface area contributed by atoms with E-state index in [4.69, 9.17) is 0 Å². The molecule has 0 fully saturated rings. The van der Waals surface area contributed by atoms with Gasteiger partial charge in [0, 0.05) is 16.9 Å². The van der Waals surface area contributed by atoms with Crippen molar-refractivity contribution in [1.29, 1.82) is 0 Å². The highest BCUT2D eigenvalue weighted by Crippen LogP contribution is 2.72. The normalized spacial score (nSPS) is 22.4. The summed E-state index contributed by atoms with van der Waals surface area (Å²) in [4.78, 5) is 0. The molecule has 0 radical (unpaired) electrons. The molecule has 1 nitrogen and oxygen atoms in total. The molecule has 9 rings (SSSR count). The molecule has 1 unspecified atom stereocenters. The monoisotopic (exact) mass is 457 g/mol. The number of hydrogen-bond acceptors (Lipinski definition) is 1. The fourth-order valence-corrected chi connectivity index (χ4v) is 7.97. The van der Waals surface area contributed by atoms with Gasteiger partial charge in [0.2, 0.25) is 0 Å². The zero-order chi connectivity index (χ0) is 23.5. The lowest BCUT2D eigenvalue weighted by Crippen LogP contribution is -2.34. The van der Waals surface area contributed by atoms with Crippen LogP contribution >= 0.6 is 0 Å². The van der Waals surface area contributed by atoms with Crippen LogP contribution in [-0.4, -0.2) is 0 Å². The van der Waals surface area contributed by atoms with E-state index < -0.39 is 0 Å². The summed E-state index contributed by atoms with van der Waals surface area (Å²) in [6.45, 7) is 0. The van der Waals surface area contributed by atoms with Gasteiger partial charge in [-0.15, -0.1) is 0 Å². The summed E-state index contributed by atoms with van der Waals surface area (Å²) in [5, 5.41) is 3.91. The third-order valence-corrected chi connectivity index (χ3v) is 9.17. The highest BCUT2D eigenvalue weighted by molar-refractivity contribution is 6.08. The topological polar surface area (TPSA) is 12.0 Å². The molecule has 1 heterocycles. The van der Waals surface area contributed by atoms with Crippen LogP contribution in [0, 0.1) is 5.41 Å². The molecule has 0 bridgehead atoms. The number of anilines is 1. The summed E-state index contributed by atoms with van der Waals surface area (Å²) in [6.07, 6.45) is 10.5. The lowest BCUT2D eigenvalue weighted by atomic mass is 9.62. The average molecular weight is 458 g/mol. The van der Waals surface area contributed by atoms with Gasteiger partial charge in [0.05, 0.1) is 10.8 Å². The number of nitrogens with one attached hydrogen (secondary N) is 1. The highest BCUT2D eigenvalue weighted by Gasteiger charge is 2.60. The smallest absolute Gasteiger partial charge is 0.0723 e. The van der Waals surface area contributed by atoms with Gasteiger partial charge in [-0.1, -0.05) is 109 Å². The lowest BCUT2D eigenvalue weighted by Gasteiger charge is -2.44. The van der Waals surface area contributed by atoms with E-state index in [1.165, 1.54) is 67.0 Å². The molecule has 0 saturated heterocycles. The number of hydrogen-bond donors (Lipinski definition) is 1. The van der Waals surface area contributed by atoms with Crippen molar-refractivity contribution in [3.8, 4) is 11.1 Å². The molecule has 1 aliphatic heterocycles. The predicted molar refractivity (Wildman–Crippen MR) is 147 cm³/mol. The third-order valence-electron chi connectivity index (χ3n) is 9.17. The SMILES string of the molecule is C1=CC2=C3c4c(cccc4C24c2ccccc2-c2ccccc24)NC2=CC=C(c4ccccc4)C23C1. The Labute approximate surface area is 210 Å². The van der Waals surface area contributed by atoms with E-state index in [0.717, 1.165) is 6.42 Å². The van der Waals surface area contributed by atoms with Gasteiger partial charge >= 0.3 is 0 Å². The first kappa shape index (κ1) is 18.9. The molecule has 168 valence electrons. The Hall–Kier alpha value is -4.36. The van der Waals surface area contributed by atoms with Gasteiger partial charge in [-0.2, -0.15) is 0 Å². The van der Waals surface area contributed by atoms with Gasteiger partial charge in [0.1, 0.15) is 0 Å². The van der Waals surface area contributed by atoms with Gasteiger partial charge < -0.3 is 5.32 Å². The molecule has 1 N–H and O–H groups in total. The Balaban J connectivity index is 1.46. The van der Waals surface area contributed by atoms with Gasteiger partial charge in [0.15, 0.2) is 0 Å². The van der Waals surface area contributed by atoms with Crippen molar-refractivity contribution in [2.75, 3.05) is 5.32 Å². The summed E-state index contributed by atoms with van der Waals surface area (Å²) >= 11 is 0. The molecule has 0 saturated carbocycles. The van der Waals surface area contributed by atoms with E-state index in [-0.39, 0.29) is 10.8 Å².